The van der Waals surface area contributed by atoms with E-state index in [-0.39, 0.29) is 18.0 Å². The number of morpholine rings is 1. The van der Waals surface area contributed by atoms with Crippen LogP contribution in [-0.4, -0.2) is 46.7 Å². The molecule has 5 rings (SSSR count). The van der Waals surface area contributed by atoms with Crippen LogP contribution < -0.4 is 10.9 Å². The van der Waals surface area contributed by atoms with Crippen molar-refractivity contribution in [1.82, 2.24) is 14.5 Å². The third-order valence-corrected chi connectivity index (χ3v) is 7.41. The van der Waals surface area contributed by atoms with Crippen molar-refractivity contribution >= 4 is 33.1 Å². The zero-order valence-corrected chi connectivity index (χ0v) is 19.1. The van der Waals surface area contributed by atoms with E-state index < -0.39 is 0 Å². The summed E-state index contributed by atoms with van der Waals surface area (Å²) < 4.78 is 6.99. The largest absolute Gasteiger partial charge is 0.379 e. The molecular weight excluding hydrogens is 438 g/mol. The Bertz CT molecular complexity index is 1280. The maximum absolute atomic E-state index is 13.7. The lowest BCUT2D eigenvalue weighted by molar-refractivity contribution is -0.116. The normalized spacial score (nSPS) is 16.3. The third-order valence-electron chi connectivity index (χ3n) is 6.22. The Kier molecular flexibility index (Phi) is 6.22. The van der Waals surface area contributed by atoms with Crippen LogP contribution in [-0.2, 0) is 35.5 Å². The van der Waals surface area contributed by atoms with E-state index in [1.54, 1.807) is 40.2 Å². The van der Waals surface area contributed by atoms with E-state index in [4.69, 9.17) is 15.0 Å². The van der Waals surface area contributed by atoms with E-state index in [1.165, 1.54) is 4.88 Å². The summed E-state index contributed by atoms with van der Waals surface area (Å²) in [5, 5.41) is 12.5. The number of aryl methyl sites for hydroxylation is 2. The maximum atomic E-state index is 13.7. The molecule has 0 bridgehead atoms. The second kappa shape index (κ2) is 9.43. The molecule has 0 saturated carbocycles. The topological polar surface area (TPSA) is 100 Å². The van der Waals surface area contributed by atoms with Gasteiger partial charge in [-0.2, -0.15) is 5.26 Å². The van der Waals surface area contributed by atoms with E-state index in [9.17, 15) is 9.59 Å². The van der Waals surface area contributed by atoms with Crippen LogP contribution in [0, 0.1) is 11.3 Å². The Morgan fingerprint density at radius 2 is 1.94 bits per heavy atom. The molecule has 0 unspecified atom stereocenters. The van der Waals surface area contributed by atoms with Crippen molar-refractivity contribution in [3.05, 3.63) is 56.4 Å². The number of amides is 1. The predicted molar refractivity (Wildman–Crippen MR) is 126 cm³/mol. The molecule has 9 heteroatoms. The number of nitrogens with one attached hydrogen (secondary N) is 1. The highest BCUT2D eigenvalue weighted by Crippen LogP contribution is 2.34. The number of rotatable bonds is 5. The Balaban J connectivity index is 1.49. The molecule has 3 heterocycles. The van der Waals surface area contributed by atoms with Crippen molar-refractivity contribution < 1.29 is 9.53 Å². The highest BCUT2D eigenvalue weighted by molar-refractivity contribution is 7.18. The lowest BCUT2D eigenvalue weighted by atomic mass is 9.97. The fraction of sp³-hybridized carbons (Fsp3) is 0.417. The second-order valence-corrected chi connectivity index (χ2v) is 9.52. The molecule has 1 aliphatic heterocycles. The number of fused-ring (bicyclic) bond motifs is 3. The van der Waals surface area contributed by atoms with Gasteiger partial charge in [-0.1, -0.05) is 0 Å². The first-order chi connectivity index (χ1) is 16.1. The minimum absolute atomic E-state index is 0.105. The minimum Gasteiger partial charge on any atom is -0.379 e. The molecule has 3 aromatic rings. The van der Waals surface area contributed by atoms with Gasteiger partial charge in [0.2, 0.25) is 5.91 Å². The molecule has 1 amide bonds. The van der Waals surface area contributed by atoms with Crippen molar-refractivity contribution in [2.24, 2.45) is 0 Å². The van der Waals surface area contributed by atoms with Gasteiger partial charge in [-0.15, -0.1) is 11.3 Å². The first-order valence-corrected chi connectivity index (χ1v) is 12.1. The smallest absolute Gasteiger partial charge is 0.263 e. The number of hydrogen-bond acceptors (Lipinski definition) is 7. The standard InChI is InChI=1S/C24H25N5O3S/c25-13-16-5-7-17(8-6-16)26-21(30)15-29-20(14-28-9-11-32-12-10-28)27-23-22(24(29)31)18-3-1-2-4-19(18)33-23/h5-8H,1-4,9-12,14-15H2,(H,26,30). The monoisotopic (exact) mass is 463 g/mol. The van der Waals surface area contributed by atoms with Crippen molar-refractivity contribution in [3.63, 3.8) is 0 Å². The molecule has 0 spiro atoms. The van der Waals surface area contributed by atoms with Crippen LogP contribution >= 0.6 is 11.3 Å². The summed E-state index contributed by atoms with van der Waals surface area (Å²) in [7, 11) is 0. The van der Waals surface area contributed by atoms with Crippen LogP contribution in [0.15, 0.2) is 29.1 Å². The number of hydrogen-bond donors (Lipinski definition) is 1. The van der Waals surface area contributed by atoms with Crippen LogP contribution in [0.2, 0.25) is 0 Å². The highest BCUT2D eigenvalue weighted by atomic mass is 32.1. The summed E-state index contributed by atoms with van der Waals surface area (Å²) in [5.41, 5.74) is 2.10. The molecule has 2 aromatic heterocycles. The Hall–Kier alpha value is -3.06. The maximum Gasteiger partial charge on any atom is 0.263 e. The van der Waals surface area contributed by atoms with Crippen molar-refractivity contribution in [3.8, 4) is 6.07 Å². The summed E-state index contributed by atoms with van der Waals surface area (Å²) in [4.78, 5) is 35.7. The summed E-state index contributed by atoms with van der Waals surface area (Å²) in [6, 6.07) is 8.73. The number of carbonyl (C=O) groups is 1. The van der Waals surface area contributed by atoms with Gasteiger partial charge in [-0.3, -0.25) is 19.1 Å². The molecule has 0 radical (unpaired) electrons. The fourth-order valence-corrected chi connectivity index (χ4v) is 5.77. The van der Waals surface area contributed by atoms with Gasteiger partial charge in [-0.05, 0) is 55.5 Å². The van der Waals surface area contributed by atoms with Gasteiger partial charge in [0.1, 0.15) is 17.2 Å². The molecular formula is C24H25N5O3S. The first-order valence-electron chi connectivity index (χ1n) is 11.3. The zero-order chi connectivity index (χ0) is 22.8. The molecule has 8 nitrogen and oxygen atoms in total. The van der Waals surface area contributed by atoms with Gasteiger partial charge in [0.15, 0.2) is 0 Å². The van der Waals surface area contributed by atoms with E-state index >= 15 is 0 Å². The average Bonchev–Trinajstić information content (AvgIpc) is 3.21. The van der Waals surface area contributed by atoms with Crippen LogP contribution in [0.5, 0.6) is 0 Å². The number of nitriles is 1. The molecule has 0 atom stereocenters. The van der Waals surface area contributed by atoms with Crippen LogP contribution in [0.3, 0.4) is 0 Å². The van der Waals surface area contributed by atoms with E-state index in [0.29, 0.717) is 42.2 Å². The summed E-state index contributed by atoms with van der Waals surface area (Å²) in [6.45, 7) is 3.24. The molecule has 170 valence electrons. The molecule has 1 fully saturated rings. The molecule has 1 N–H and O–H groups in total. The first kappa shape index (κ1) is 21.8. The number of anilines is 1. The fourth-order valence-electron chi connectivity index (χ4n) is 4.50. The van der Waals surface area contributed by atoms with Crippen LogP contribution in [0.25, 0.3) is 10.2 Å². The zero-order valence-electron chi connectivity index (χ0n) is 18.3. The number of ether oxygens (including phenoxy) is 1. The number of nitrogens with zero attached hydrogens (tertiary/aromatic N) is 4. The third kappa shape index (κ3) is 4.55. The summed E-state index contributed by atoms with van der Waals surface area (Å²) in [6.07, 6.45) is 4.11. The number of carbonyl (C=O) groups excluding carboxylic acids is 1. The van der Waals surface area contributed by atoms with Gasteiger partial charge in [0.25, 0.3) is 5.56 Å². The van der Waals surface area contributed by atoms with Gasteiger partial charge in [0.05, 0.1) is 36.8 Å². The highest BCUT2D eigenvalue weighted by Gasteiger charge is 2.24. The summed E-state index contributed by atoms with van der Waals surface area (Å²) >= 11 is 1.63. The SMILES string of the molecule is N#Cc1ccc(NC(=O)Cn2c(CN3CCOCC3)nc3sc4c(c3c2=O)CCCC4)cc1. The molecule has 1 saturated heterocycles. The Labute approximate surface area is 195 Å². The number of aromatic nitrogens is 2. The van der Waals surface area contributed by atoms with Crippen LogP contribution in [0.4, 0.5) is 5.69 Å². The lowest BCUT2D eigenvalue weighted by Crippen LogP contribution is -2.39. The van der Waals surface area contributed by atoms with Gasteiger partial charge < -0.3 is 10.1 Å². The van der Waals surface area contributed by atoms with E-state index in [0.717, 1.165) is 49.2 Å². The Morgan fingerprint density at radius 3 is 2.70 bits per heavy atom. The quantitative estimate of drug-likeness (QED) is 0.625. The van der Waals surface area contributed by atoms with Crippen molar-refractivity contribution in [2.45, 2.75) is 38.8 Å². The van der Waals surface area contributed by atoms with Crippen molar-refractivity contribution in [2.75, 3.05) is 31.6 Å². The molecule has 1 aliphatic carbocycles. The number of benzene rings is 1. The molecule has 33 heavy (non-hydrogen) atoms. The van der Waals surface area contributed by atoms with Gasteiger partial charge >= 0.3 is 0 Å². The lowest BCUT2D eigenvalue weighted by Gasteiger charge is -2.27. The predicted octanol–water partition coefficient (Wildman–Crippen LogP) is 2.68. The van der Waals surface area contributed by atoms with Crippen LogP contribution in [0.1, 0.15) is 34.7 Å². The van der Waals surface area contributed by atoms with Gasteiger partial charge in [0, 0.05) is 23.7 Å². The number of thiophene rings is 1. The van der Waals surface area contributed by atoms with E-state index in [2.05, 4.69) is 16.3 Å². The molecule has 2 aliphatic rings. The van der Waals surface area contributed by atoms with Crippen molar-refractivity contribution in [1.29, 1.82) is 5.26 Å². The second-order valence-electron chi connectivity index (χ2n) is 8.44. The average molecular weight is 464 g/mol. The Morgan fingerprint density at radius 1 is 1.18 bits per heavy atom. The van der Waals surface area contributed by atoms with Gasteiger partial charge in [-0.25, -0.2) is 4.98 Å². The summed E-state index contributed by atoms with van der Waals surface area (Å²) in [5.74, 6) is 0.318. The van der Waals surface area contributed by atoms with E-state index in [1.807, 2.05) is 0 Å². The minimum atomic E-state index is -0.296. The molecule has 1 aromatic carbocycles.